The van der Waals surface area contributed by atoms with E-state index in [0.717, 1.165) is 30.7 Å². The second-order valence-corrected chi connectivity index (χ2v) is 5.04. The molecule has 104 valence electrons. The van der Waals surface area contributed by atoms with Crippen LogP contribution in [0.4, 0.5) is 10.1 Å². The zero-order valence-corrected chi connectivity index (χ0v) is 10.7. The number of hydrogen-bond acceptors (Lipinski definition) is 3. The fourth-order valence-corrected chi connectivity index (χ4v) is 2.29. The molecule has 1 aliphatic carbocycles. The van der Waals surface area contributed by atoms with Crippen molar-refractivity contribution in [2.24, 2.45) is 11.0 Å². The van der Waals surface area contributed by atoms with Crippen molar-refractivity contribution < 1.29 is 19.1 Å². The molecule has 0 spiro atoms. The summed E-state index contributed by atoms with van der Waals surface area (Å²) in [6.07, 6.45) is 3.20. The molecule has 0 atom stereocenters. The van der Waals surface area contributed by atoms with Gasteiger partial charge in [-0.1, -0.05) is 0 Å². The molecule has 0 radical (unpaired) electrons. The van der Waals surface area contributed by atoms with Gasteiger partial charge < -0.3 is 5.11 Å². The van der Waals surface area contributed by atoms with Crippen LogP contribution in [0, 0.1) is 11.7 Å². The second kappa shape index (κ2) is 4.70. The van der Waals surface area contributed by atoms with Crippen molar-refractivity contribution in [3.63, 3.8) is 0 Å². The number of anilines is 1. The summed E-state index contributed by atoms with van der Waals surface area (Å²) < 4.78 is 13.7. The van der Waals surface area contributed by atoms with Crippen LogP contribution in [0.1, 0.15) is 36.0 Å². The number of carboxylic acid groups (broad SMARTS) is 1. The molecule has 1 aliphatic heterocycles. The Morgan fingerprint density at radius 3 is 2.70 bits per heavy atom. The van der Waals surface area contributed by atoms with E-state index in [1.807, 2.05) is 0 Å². The number of hydrazone groups is 1. The maximum Gasteiger partial charge on any atom is 0.338 e. The molecule has 1 fully saturated rings. The second-order valence-electron chi connectivity index (χ2n) is 5.04. The molecule has 6 heteroatoms. The molecule has 3 rings (SSSR count). The van der Waals surface area contributed by atoms with Crippen molar-refractivity contribution in [1.82, 2.24) is 0 Å². The zero-order valence-electron chi connectivity index (χ0n) is 10.7. The van der Waals surface area contributed by atoms with Crippen LogP contribution in [0.5, 0.6) is 0 Å². The normalized spacial score (nSPS) is 18.9. The van der Waals surface area contributed by atoms with E-state index in [1.165, 1.54) is 11.1 Å². The highest BCUT2D eigenvalue weighted by molar-refractivity contribution is 6.03. The van der Waals surface area contributed by atoms with E-state index < -0.39 is 17.3 Å². The first-order chi connectivity index (χ1) is 9.56. The molecule has 1 saturated carbocycles. The third-order valence-electron chi connectivity index (χ3n) is 3.54. The summed E-state index contributed by atoms with van der Waals surface area (Å²) in [4.78, 5) is 22.7. The van der Waals surface area contributed by atoms with Gasteiger partial charge in [0.25, 0.3) is 0 Å². The molecule has 1 heterocycles. The molecule has 5 nitrogen and oxygen atoms in total. The predicted octanol–water partition coefficient (Wildman–Crippen LogP) is 2.42. The van der Waals surface area contributed by atoms with Crippen molar-refractivity contribution in [3.8, 4) is 0 Å². The minimum absolute atomic E-state index is 0.197. The first-order valence-electron chi connectivity index (χ1n) is 6.49. The number of carbonyl (C=O) groups excluding carboxylic acids is 1. The number of hydrogen-bond donors (Lipinski definition) is 1. The Bertz CT molecular complexity index is 623. The van der Waals surface area contributed by atoms with Crippen molar-refractivity contribution in [1.29, 1.82) is 0 Å². The first kappa shape index (κ1) is 12.8. The number of nitrogens with zero attached hydrogens (tertiary/aromatic N) is 2. The van der Waals surface area contributed by atoms with Gasteiger partial charge in [0.15, 0.2) is 0 Å². The highest BCUT2D eigenvalue weighted by Gasteiger charge is 2.32. The summed E-state index contributed by atoms with van der Waals surface area (Å²) in [5, 5.41) is 14.3. The lowest BCUT2D eigenvalue weighted by Gasteiger charge is -2.23. The molecule has 1 amide bonds. The van der Waals surface area contributed by atoms with Crippen LogP contribution < -0.4 is 5.01 Å². The minimum atomic E-state index is -1.33. The van der Waals surface area contributed by atoms with Gasteiger partial charge in [0.2, 0.25) is 5.91 Å². The summed E-state index contributed by atoms with van der Waals surface area (Å²) >= 11 is 0. The maximum atomic E-state index is 13.7. The molecule has 0 unspecified atom stereocenters. The van der Waals surface area contributed by atoms with Crippen LogP contribution >= 0.6 is 0 Å². The van der Waals surface area contributed by atoms with Gasteiger partial charge in [0.05, 0.1) is 11.3 Å². The Labute approximate surface area is 114 Å². The average molecular weight is 276 g/mol. The first-order valence-corrected chi connectivity index (χ1v) is 6.49. The largest absolute Gasteiger partial charge is 0.478 e. The molecule has 0 saturated heterocycles. The summed E-state index contributed by atoms with van der Waals surface area (Å²) in [6, 6.07) is 3.60. The highest BCUT2D eigenvalue weighted by atomic mass is 19.1. The van der Waals surface area contributed by atoms with Crippen LogP contribution in [0.15, 0.2) is 23.3 Å². The van der Waals surface area contributed by atoms with Gasteiger partial charge in [-0.2, -0.15) is 5.10 Å². The summed E-state index contributed by atoms with van der Waals surface area (Å²) in [5.41, 5.74) is 0.840. The van der Waals surface area contributed by atoms with Crippen molar-refractivity contribution in [2.45, 2.75) is 25.7 Å². The maximum absolute atomic E-state index is 13.7. The van der Waals surface area contributed by atoms with Crippen LogP contribution in [0.25, 0.3) is 0 Å². The van der Waals surface area contributed by atoms with E-state index >= 15 is 0 Å². The summed E-state index contributed by atoms with van der Waals surface area (Å²) in [5.74, 6) is -1.94. The monoisotopic (exact) mass is 276 g/mol. The van der Waals surface area contributed by atoms with Crippen molar-refractivity contribution >= 4 is 23.3 Å². The number of carboxylic acids is 1. The van der Waals surface area contributed by atoms with Gasteiger partial charge in [-0.3, -0.25) is 4.79 Å². The third-order valence-corrected chi connectivity index (χ3v) is 3.54. The Morgan fingerprint density at radius 1 is 1.35 bits per heavy atom. The molecule has 1 aromatic carbocycles. The Kier molecular flexibility index (Phi) is 3.00. The van der Waals surface area contributed by atoms with Crippen LogP contribution in [0.2, 0.25) is 0 Å². The third kappa shape index (κ3) is 2.29. The summed E-state index contributed by atoms with van der Waals surface area (Å²) in [6.45, 7) is 0. The number of benzene rings is 1. The predicted molar refractivity (Wildman–Crippen MR) is 70.2 cm³/mol. The smallest absolute Gasteiger partial charge is 0.338 e. The van der Waals surface area contributed by atoms with E-state index in [2.05, 4.69) is 5.10 Å². The van der Waals surface area contributed by atoms with E-state index in [1.54, 1.807) is 0 Å². The van der Waals surface area contributed by atoms with Crippen LogP contribution in [0.3, 0.4) is 0 Å². The lowest BCUT2D eigenvalue weighted by molar-refractivity contribution is -0.118. The molecule has 1 aromatic rings. The lowest BCUT2D eigenvalue weighted by atomic mass is 10.1. The Balaban J connectivity index is 1.94. The van der Waals surface area contributed by atoms with Crippen LogP contribution in [-0.2, 0) is 4.79 Å². The quantitative estimate of drug-likeness (QED) is 0.921. The summed E-state index contributed by atoms with van der Waals surface area (Å²) in [7, 11) is 0. The van der Waals surface area contributed by atoms with Crippen molar-refractivity contribution in [3.05, 3.63) is 29.6 Å². The van der Waals surface area contributed by atoms with Crippen LogP contribution in [-0.4, -0.2) is 22.7 Å². The van der Waals surface area contributed by atoms with Gasteiger partial charge in [0, 0.05) is 18.2 Å². The molecule has 1 N–H and O–H groups in total. The van der Waals surface area contributed by atoms with E-state index in [9.17, 15) is 14.0 Å². The van der Waals surface area contributed by atoms with Crippen molar-refractivity contribution in [2.75, 3.05) is 5.01 Å². The van der Waals surface area contributed by atoms with Gasteiger partial charge >= 0.3 is 5.97 Å². The standard InChI is InChI=1S/C14H13FN2O3/c15-11-7-9(3-4-10(11)14(19)20)17-13(18)6-5-12(16-17)8-1-2-8/h3-4,7-8H,1-2,5-6H2,(H,19,20). The number of rotatable bonds is 3. The highest BCUT2D eigenvalue weighted by Crippen LogP contribution is 2.35. The fourth-order valence-electron chi connectivity index (χ4n) is 2.29. The molecule has 0 aromatic heterocycles. The number of amides is 1. The topological polar surface area (TPSA) is 70.0 Å². The van der Waals surface area contributed by atoms with Gasteiger partial charge in [0.1, 0.15) is 5.82 Å². The van der Waals surface area contributed by atoms with Gasteiger partial charge in [-0.05, 0) is 37.3 Å². The fraction of sp³-hybridized carbons (Fsp3) is 0.357. The van der Waals surface area contributed by atoms with E-state index in [0.29, 0.717) is 18.8 Å². The molecule has 20 heavy (non-hydrogen) atoms. The number of carbonyl (C=O) groups is 2. The van der Waals surface area contributed by atoms with E-state index in [4.69, 9.17) is 5.11 Å². The Morgan fingerprint density at radius 2 is 2.10 bits per heavy atom. The number of halogens is 1. The molecular formula is C14H13FN2O3. The van der Waals surface area contributed by atoms with E-state index in [-0.39, 0.29) is 11.6 Å². The molecule has 0 bridgehead atoms. The minimum Gasteiger partial charge on any atom is -0.478 e. The molecule has 2 aliphatic rings. The molecular weight excluding hydrogens is 263 g/mol. The van der Waals surface area contributed by atoms with Gasteiger partial charge in [-0.15, -0.1) is 0 Å². The average Bonchev–Trinajstić information content (AvgIpc) is 3.23. The Hall–Kier alpha value is -2.24. The number of aromatic carboxylic acids is 1. The van der Waals surface area contributed by atoms with Gasteiger partial charge in [-0.25, -0.2) is 14.2 Å². The SMILES string of the molecule is O=C(O)c1ccc(N2N=C(C3CC3)CCC2=O)cc1F. The zero-order chi connectivity index (χ0) is 14.3. The lowest BCUT2D eigenvalue weighted by Crippen LogP contribution is -2.32.